The van der Waals surface area contributed by atoms with Crippen LogP contribution in [0.3, 0.4) is 0 Å². The molecule has 4 rings (SSSR count). The molecule has 0 spiro atoms. The summed E-state index contributed by atoms with van der Waals surface area (Å²) in [5, 5.41) is 2.90. The third-order valence-corrected chi connectivity index (χ3v) is 4.23. The molecule has 1 N–H and O–H groups in total. The summed E-state index contributed by atoms with van der Waals surface area (Å²) in [6.45, 7) is 0. The number of rotatable bonds is 3. The van der Waals surface area contributed by atoms with Crippen LogP contribution in [0.15, 0.2) is 39.4 Å². The minimum atomic E-state index is -0.154. The first-order valence-electron chi connectivity index (χ1n) is 7.14. The van der Waals surface area contributed by atoms with Gasteiger partial charge in [0.25, 0.3) is 5.91 Å². The topological polar surface area (TPSA) is 60.1 Å². The summed E-state index contributed by atoms with van der Waals surface area (Å²) in [6.07, 6.45) is 4.15. The lowest BCUT2D eigenvalue weighted by atomic mass is 10.2. The van der Waals surface area contributed by atoms with Gasteiger partial charge in [-0.05, 0) is 53.0 Å². The molecule has 1 aliphatic rings. The van der Waals surface area contributed by atoms with E-state index >= 15 is 0 Å². The Morgan fingerprint density at radius 1 is 1.41 bits per heavy atom. The van der Waals surface area contributed by atoms with Crippen molar-refractivity contribution in [2.24, 2.45) is 7.05 Å². The van der Waals surface area contributed by atoms with Crippen LogP contribution in [-0.2, 0) is 7.05 Å². The van der Waals surface area contributed by atoms with Crippen LogP contribution < -0.4 is 5.32 Å². The lowest BCUT2D eigenvalue weighted by molar-refractivity contribution is 0.101. The minimum absolute atomic E-state index is 0.154. The van der Waals surface area contributed by atoms with Crippen molar-refractivity contribution < 1.29 is 9.21 Å². The average molecular weight is 360 g/mol. The van der Waals surface area contributed by atoms with Crippen molar-refractivity contribution in [3.63, 3.8) is 0 Å². The molecule has 0 saturated heterocycles. The Morgan fingerprint density at radius 2 is 2.23 bits per heavy atom. The van der Waals surface area contributed by atoms with E-state index in [9.17, 15) is 4.79 Å². The fourth-order valence-electron chi connectivity index (χ4n) is 2.47. The first kappa shape index (κ1) is 13.6. The Morgan fingerprint density at radius 3 is 2.91 bits per heavy atom. The van der Waals surface area contributed by atoms with E-state index in [2.05, 4.69) is 26.2 Å². The van der Waals surface area contributed by atoms with Gasteiger partial charge in [0.2, 0.25) is 0 Å². The highest BCUT2D eigenvalue weighted by Gasteiger charge is 2.28. The van der Waals surface area contributed by atoms with E-state index in [0.717, 1.165) is 34.3 Å². The van der Waals surface area contributed by atoms with Gasteiger partial charge in [-0.25, -0.2) is 4.98 Å². The zero-order chi connectivity index (χ0) is 15.3. The highest BCUT2D eigenvalue weighted by Crippen LogP contribution is 2.40. The van der Waals surface area contributed by atoms with E-state index in [-0.39, 0.29) is 5.91 Å². The second-order valence-electron chi connectivity index (χ2n) is 5.62. The zero-order valence-electron chi connectivity index (χ0n) is 12.0. The molecule has 0 unspecified atom stereocenters. The third-order valence-electron chi connectivity index (χ3n) is 3.79. The molecule has 1 aliphatic carbocycles. The number of halogens is 1. The number of hydrogen-bond acceptors (Lipinski definition) is 3. The summed E-state index contributed by atoms with van der Waals surface area (Å²) in [7, 11) is 1.84. The maximum Gasteiger partial charge on any atom is 0.272 e. The number of carbonyl (C=O) groups excluding carboxylic acids is 1. The van der Waals surface area contributed by atoms with Crippen molar-refractivity contribution in [3.05, 3.63) is 46.5 Å². The minimum Gasteiger partial charge on any atom is -0.440 e. The molecule has 0 bridgehead atoms. The predicted molar refractivity (Wildman–Crippen MR) is 87.1 cm³/mol. The van der Waals surface area contributed by atoms with Crippen molar-refractivity contribution in [2.45, 2.75) is 18.8 Å². The normalized spacial score (nSPS) is 14.5. The number of oxazole rings is 1. The van der Waals surface area contributed by atoms with Crippen molar-refractivity contribution in [3.8, 4) is 0 Å². The molecule has 2 aromatic heterocycles. The van der Waals surface area contributed by atoms with Crippen molar-refractivity contribution in [2.75, 3.05) is 5.32 Å². The molecule has 1 amide bonds. The molecule has 0 radical (unpaired) electrons. The van der Waals surface area contributed by atoms with Crippen LogP contribution in [0.4, 0.5) is 5.69 Å². The molecule has 22 heavy (non-hydrogen) atoms. The standard InChI is InChI=1S/C16H14BrN3O2/c1-20-8-10(17)6-13(20)15(21)18-11-4-5-14-12(7-11)19-16(22-14)9-2-3-9/h4-9H,2-3H2,1H3,(H,18,21). The number of hydrogen-bond donors (Lipinski definition) is 1. The quantitative estimate of drug-likeness (QED) is 0.766. The number of anilines is 1. The van der Waals surface area contributed by atoms with Gasteiger partial charge in [0.05, 0.1) is 0 Å². The molecular weight excluding hydrogens is 346 g/mol. The van der Waals surface area contributed by atoms with Gasteiger partial charge < -0.3 is 14.3 Å². The molecule has 3 aromatic rings. The fourth-order valence-corrected chi connectivity index (χ4v) is 3.00. The summed E-state index contributed by atoms with van der Waals surface area (Å²) in [4.78, 5) is 16.8. The van der Waals surface area contributed by atoms with Gasteiger partial charge in [0.15, 0.2) is 11.5 Å². The van der Waals surface area contributed by atoms with E-state index < -0.39 is 0 Å². The molecule has 112 valence electrons. The number of amides is 1. The molecule has 6 heteroatoms. The number of nitrogens with one attached hydrogen (secondary N) is 1. The van der Waals surface area contributed by atoms with Gasteiger partial charge in [0.1, 0.15) is 11.2 Å². The van der Waals surface area contributed by atoms with E-state index in [4.69, 9.17) is 4.42 Å². The van der Waals surface area contributed by atoms with Crippen molar-refractivity contribution in [1.29, 1.82) is 0 Å². The summed E-state index contributed by atoms with van der Waals surface area (Å²) >= 11 is 3.37. The SMILES string of the molecule is Cn1cc(Br)cc1C(=O)Nc1ccc2oc(C3CC3)nc2c1. The van der Waals surface area contributed by atoms with E-state index in [0.29, 0.717) is 17.3 Å². The smallest absolute Gasteiger partial charge is 0.272 e. The number of nitrogens with zero attached hydrogens (tertiary/aromatic N) is 2. The lowest BCUT2D eigenvalue weighted by Crippen LogP contribution is -2.15. The molecule has 1 saturated carbocycles. The molecule has 2 heterocycles. The van der Waals surface area contributed by atoms with Crippen LogP contribution in [0.25, 0.3) is 11.1 Å². The number of aromatic nitrogens is 2. The van der Waals surface area contributed by atoms with Gasteiger partial charge in [-0.3, -0.25) is 4.79 Å². The van der Waals surface area contributed by atoms with Gasteiger partial charge in [0, 0.05) is 29.3 Å². The van der Waals surface area contributed by atoms with Crippen LogP contribution in [0.5, 0.6) is 0 Å². The first-order chi connectivity index (χ1) is 10.6. The summed E-state index contributed by atoms with van der Waals surface area (Å²) in [5.74, 6) is 1.13. The Hall–Kier alpha value is -2.08. The summed E-state index contributed by atoms with van der Waals surface area (Å²) < 4.78 is 8.38. The molecule has 0 aliphatic heterocycles. The van der Waals surface area contributed by atoms with Gasteiger partial charge in [-0.2, -0.15) is 0 Å². The van der Waals surface area contributed by atoms with E-state index in [1.54, 1.807) is 10.6 Å². The second-order valence-corrected chi connectivity index (χ2v) is 6.53. The highest BCUT2D eigenvalue weighted by atomic mass is 79.9. The number of benzene rings is 1. The van der Waals surface area contributed by atoms with Crippen LogP contribution in [0.2, 0.25) is 0 Å². The Labute approximate surface area is 135 Å². The van der Waals surface area contributed by atoms with Crippen molar-refractivity contribution in [1.82, 2.24) is 9.55 Å². The summed E-state index contributed by atoms with van der Waals surface area (Å²) in [6, 6.07) is 7.32. The third kappa shape index (κ3) is 2.43. The molecule has 1 aromatic carbocycles. The van der Waals surface area contributed by atoms with Crippen LogP contribution in [0, 0.1) is 0 Å². The van der Waals surface area contributed by atoms with Crippen LogP contribution in [0.1, 0.15) is 35.1 Å². The molecular formula is C16H14BrN3O2. The number of carbonyl (C=O) groups is 1. The van der Waals surface area contributed by atoms with Gasteiger partial charge in [-0.15, -0.1) is 0 Å². The Kier molecular flexibility index (Phi) is 3.07. The molecule has 0 atom stereocenters. The monoisotopic (exact) mass is 359 g/mol. The molecule has 1 fully saturated rings. The Balaban J connectivity index is 1.60. The molecule has 5 nitrogen and oxygen atoms in total. The maximum absolute atomic E-state index is 12.3. The number of aryl methyl sites for hydroxylation is 1. The van der Waals surface area contributed by atoms with Crippen molar-refractivity contribution >= 4 is 38.6 Å². The van der Waals surface area contributed by atoms with E-state index in [1.807, 2.05) is 31.4 Å². The average Bonchev–Trinajstić information content (AvgIpc) is 3.15. The number of fused-ring (bicyclic) bond motifs is 1. The predicted octanol–water partition coefficient (Wildman–Crippen LogP) is 4.06. The van der Waals surface area contributed by atoms with Gasteiger partial charge in [-0.1, -0.05) is 0 Å². The maximum atomic E-state index is 12.3. The van der Waals surface area contributed by atoms with Crippen LogP contribution >= 0.6 is 15.9 Å². The van der Waals surface area contributed by atoms with E-state index in [1.165, 1.54) is 0 Å². The Bertz CT molecular complexity index is 877. The van der Waals surface area contributed by atoms with Crippen LogP contribution in [-0.4, -0.2) is 15.5 Å². The van der Waals surface area contributed by atoms with Gasteiger partial charge >= 0.3 is 0 Å². The lowest BCUT2D eigenvalue weighted by Gasteiger charge is -2.05. The highest BCUT2D eigenvalue weighted by molar-refractivity contribution is 9.10. The first-order valence-corrected chi connectivity index (χ1v) is 7.93. The second kappa shape index (κ2) is 4.98. The fraction of sp³-hybridized carbons (Fsp3) is 0.250. The largest absolute Gasteiger partial charge is 0.440 e. The zero-order valence-corrected chi connectivity index (χ0v) is 13.6. The summed E-state index contributed by atoms with van der Waals surface area (Å²) in [5.41, 5.74) is 2.85.